The van der Waals surface area contributed by atoms with Crippen LogP contribution in [0, 0.1) is 18.8 Å². The number of hydrogen-bond acceptors (Lipinski definition) is 3. The fourth-order valence-corrected chi connectivity index (χ4v) is 2.75. The summed E-state index contributed by atoms with van der Waals surface area (Å²) in [5, 5.41) is 5.77. The predicted octanol–water partition coefficient (Wildman–Crippen LogP) is 3.61. The van der Waals surface area contributed by atoms with Gasteiger partial charge in [-0.15, -0.1) is 0 Å². The molecule has 0 aliphatic heterocycles. The largest absolute Gasteiger partial charge is 0.494 e. The highest BCUT2D eigenvalue weighted by Gasteiger charge is 2.48. The van der Waals surface area contributed by atoms with Crippen molar-refractivity contribution in [1.82, 2.24) is 0 Å². The number of hydrogen-bond donors (Lipinski definition) is 2. The number of anilines is 2. The number of amides is 2. The summed E-state index contributed by atoms with van der Waals surface area (Å²) in [6.07, 6.45) is 0.584. The van der Waals surface area contributed by atoms with Gasteiger partial charge in [-0.2, -0.15) is 0 Å². The molecule has 0 radical (unpaired) electrons. The van der Waals surface area contributed by atoms with Gasteiger partial charge in [-0.25, -0.2) is 0 Å². The van der Waals surface area contributed by atoms with Crippen LogP contribution in [0.5, 0.6) is 5.75 Å². The van der Waals surface area contributed by atoms with E-state index < -0.39 is 0 Å². The topological polar surface area (TPSA) is 67.4 Å². The summed E-state index contributed by atoms with van der Waals surface area (Å²) in [6, 6.07) is 14.8. The number of carbonyl (C=O) groups excluding carboxylic acids is 2. The van der Waals surface area contributed by atoms with Crippen molar-refractivity contribution < 1.29 is 14.3 Å². The maximum atomic E-state index is 12.3. The molecule has 1 saturated carbocycles. The number of rotatable bonds is 6. The second-order valence-corrected chi connectivity index (χ2v) is 6.20. The maximum Gasteiger partial charge on any atom is 0.228 e. The van der Waals surface area contributed by atoms with Crippen molar-refractivity contribution in [3.8, 4) is 5.75 Å². The molecule has 0 saturated heterocycles. The molecule has 2 aromatic carbocycles. The summed E-state index contributed by atoms with van der Waals surface area (Å²) >= 11 is 0. The van der Waals surface area contributed by atoms with Crippen molar-refractivity contribution in [3.05, 3.63) is 54.1 Å². The molecular weight excluding hydrogens is 316 g/mol. The van der Waals surface area contributed by atoms with Crippen LogP contribution >= 0.6 is 0 Å². The fourth-order valence-electron chi connectivity index (χ4n) is 2.75. The van der Waals surface area contributed by atoms with E-state index in [-0.39, 0.29) is 23.7 Å². The minimum Gasteiger partial charge on any atom is -0.494 e. The fraction of sp³-hybridized carbons (Fsp3) is 0.300. The molecule has 0 aromatic heterocycles. The van der Waals surface area contributed by atoms with E-state index in [0.717, 1.165) is 17.0 Å². The van der Waals surface area contributed by atoms with Crippen molar-refractivity contribution in [2.75, 3.05) is 17.2 Å². The summed E-state index contributed by atoms with van der Waals surface area (Å²) in [6.45, 7) is 4.47. The molecule has 2 amide bonds. The first-order chi connectivity index (χ1) is 12.1. The van der Waals surface area contributed by atoms with Crippen molar-refractivity contribution >= 4 is 23.2 Å². The van der Waals surface area contributed by atoms with Gasteiger partial charge in [0.05, 0.1) is 18.4 Å². The van der Waals surface area contributed by atoms with Crippen LogP contribution in [0.4, 0.5) is 11.4 Å². The molecule has 3 rings (SSSR count). The van der Waals surface area contributed by atoms with Crippen molar-refractivity contribution in [2.24, 2.45) is 11.8 Å². The second-order valence-electron chi connectivity index (χ2n) is 6.20. The molecule has 0 heterocycles. The van der Waals surface area contributed by atoms with Gasteiger partial charge in [-0.05, 0) is 56.2 Å². The Hall–Kier alpha value is -2.82. The zero-order valence-electron chi connectivity index (χ0n) is 14.4. The van der Waals surface area contributed by atoms with Crippen LogP contribution in [0.15, 0.2) is 48.5 Å². The number of nitrogens with one attached hydrogen (secondary N) is 2. The van der Waals surface area contributed by atoms with E-state index in [1.165, 1.54) is 0 Å². The van der Waals surface area contributed by atoms with Gasteiger partial charge in [0.15, 0.2) is 0 Å². The van der Waals surface area contributed by atoms with E-state index in [1.807, 2.05) is 50.2 Å². The number of para-hydroxylation sites is 1. The summed E-state index contributed by atoms with van der Waals surface area (Å²) in [5.41, 5.74) is 2.51. The molecule has 5 nitrogen and oxygen atoms in total. The van der Waals surface area contributed by atoms with E-state index in [0.29, 0.717) is 18.7 Å². The molecule has 25 heavy (non-hydrogen) atoms. The standard InChI is InChI=1S/C20H22N2O3/c1-3-25-15-10-8-14(9-11-15)21-19(23)16-12-17(16)20(24)22-18-7-5-4-6-13(18)2/h4-11,16-17H,3,12H2,1-2H3,(H,21,23)(H,22,24). The molecule has 130 valence electrons. The van der Waals surface area contributed by atoms with Crippen molar-refractivity contribution in [2.45, 2.75) is 20.3 Å². The van der Waals surface area contributed by atoms with Gasteiger partial charge >= 0.3 is 0 Å². The Bertz CT molecular complexity index is 771. The van der Waals surface area contributed by atoms with Gasteiger partial charge in [-0.1, -0.05) is 18.2 Å². The zero-order chi connectivity index (χ0) is 17.8. The highest BCUT2D eigenvalue weighted by atomic mass is 16.5. The average Bonchev–Trinajstić information content (AvgIpc) is 3.40. The van der Waals surface area contributed by atoms with E-state index in [9.17, 15) is 9.59 Å². The third kappa shape index (κ3) is 4.18. The van der Waals surface area contributed by atoms with Gasteiger partial charge in [0.1, 0.15) is 5.75 Å². The Labute approximate surface area is 147 Å². The SMILES string of the molecule is CCOc1ccc(NC(=O)C2CC2C(=O)Nc2ccccc2C)cc1. The van der Waals surface area contributed by atoms with Crippen LogP contribution in [0.1, 0.15) is 18.9 Å². The lowest BCUT2D eigenvalue weighted by molar-refractivity contribution is -0.122. The number of benzene rings is 2. The summed E-state index contributed by atoms with van der Waals surface area (Å²) in [7, 11) is 0. The maximum absolute atomic E-state index is 12.3. The molecule has 1 fully saturated rings. The smallest absolute Gasteiger partial charge is 0.228 e. The van der Waals surface area contributed by atoms with Crippen LogP contribution in [0.25, 0.3) is 0 Å². The molecule has 1 aliphatic carbocycles. The monoisotopic (exact) mass is 338 g/mol. The average molecular weight is 338 g/mol. The van der Waals surface area contributed by atoms with Crippen LogP contribution < -0.4 is 15.4 Å². The van der Waals surface area contributed by atoms with E-state index in [4.69, 9.17) is 4.74 Å². The highest BCUT2D eigenvalue weighted by Crippen LogP contribution is 2.40. The Morgan fingerprint density at radius 2 is 1.64 bits per heavy atom. The third-order valence-electron chi connectivity index (χ3n) is 4.30. The molecule has 1 aliphatic rings. The Balaban J connectivity index is 1.53. The van der Waals surface area contributed by atoms with Gasteiger partial charge in [0.25, 0.3) is 0 Å². The quantitative estimate of drug-likeness (QED) is 0.845. The van der Waals surface area contributed by atoms with Gasteiger partial charge in [-0.3, -0.25) is 9.59 Å². The van der Waals surface area contributed by atoms with Crippen LogP contribution in [-0.4, -0.2) is 18.4 Å². The minimum absolute atomic E-state index is 0.0962. The first kappa shape index (κ1) is 17.0. The molecule has 2 unspecified atom stereocenters. The summed E-state index contributed by atoms with van der Waals surface area (Å²) in [5.74, 6) is 0.0236. The molecule has 0 spiro atoms. The number of aryl methyl sites for hydroxylation is 1. The predicted molar refractivity (Wildman–Crippen MR) is 97.6 cm³/mol. The molecule has 2 aromatic rings. The Morgan fingerprint density at radius 3 is 2.28 bits per heavy atom. The summed E-state index contributed by atoms with van der Waals surface area (Å²) < 4.78 is 5.37. The lowest BCUT2D eigenvalue weighted by Gasteiger charge is -2.08. The van der Waals surface area contributed by atoms with E-state index in [2.05, 4.69) is 10.6 Å². The molecular formula is C20H22N2O3. The van der Waals surface area contributed by atoms with Gasteiger partial charge < -0.3 is 15.4 Å². The normalized spacial score (nSPS) is 18.3. The minimum atomic E-state index is -0.268. The van der Waals surface area contributed by atoms with Gasteiger partial charge in [0.2, 0.25) is 11.8 Å². The van der Waals surface area contributed by atoms with Crippen molar-refractivity contribution in [1.29, 1.82) is 0 Å². The zero-order valence-corrected chi connectivity index (χ0v) is 14.4. The Morgan fingerprint density at radius 1 is 1.00 bits per heavy atom. The molecule has 0 bridgehead atoms. The van der Waals surface area contributed by atoms with E-state index in [1.54, 1.807) is 12.1 Å². The molecule has 2 N–H and O–H groups in total. The lowest BCUT2D eigenvalue weighted by atomic mass is 10.2. The van der Waals surface area contributed by atoms with Crippen LogP contribution in [-0.2, 0) is 9.59 Å². The van der Waals surface area contributed by atoms with Crippen LogP contribution in [0.3, 0.4) is 0 Å². The summed E-state index contributed by atoms with van der Waals surface area (Å²) in [4.78, 5) is 24.6. The van der Waals surface area contributed by atoms with Crippen molar-refractivity contribution in [3.63, 3.8) is 0 Å². The second kappa shape index (κ2) is 7.38. The highest BCUT2D eigenvalue weighted by molar-refractivity contribution is 6.03. The van der Waals surface area contributed by atoms with Gasteiger partial charge in [0, 0.05) is 11.4 Å². The molecule has 5 heteroatoms. The third-order valence-corrected chi connectivity index (χ3v) is 4.30. The number of carbonyl (C=O) groups is 2. The first-order valence-corrected chi connectivity index (χ1v) is 8.48. The van der Waals surface area contributed by atoms with E-state index >= 15 is 0 Å². The lowest BCUT2D eigenvalue weighted by Crippen LogP contribution is -2.20. The molecule has 2 atom stereocenters. The number of ether oxygens (including phenoxy) is 1. The Kier molecular flexibility index (Phi) is 5.03. The van der Waals surface area contributed by atoms with Crippen LogP contribution in [0.2, 0.25) is 0 Å². The first-order valence-electron chi connectivity index (χ1n) is 8.48.